The van der Waals surface area contributed by atoms with Gasteiger partial charge in [-0.15, -0.1) is 0 Å². The van der Waals surface area contributed by atoms with E-state index in [1.54, 1.807) is 6.08 Å². The zero-order valence-electron chi connectivity index (χ0n) is 25.0. The monoisotopic (exact) mass is 603 g/mol. The number of hydrogen-bond acceptors (Lipinski definition) is 6. The lowest BCUT2D eigenvalue weighted by molar-refractivity contribution is 0.669. The van der Waals surface area contributed by atoms with Crippen LogP contribution < -0.4 is 0 Å². The first-order chi connectivity index (χ1) is 23.1. The molecular formula is C41H25N5O. The Balaban J connectivity index is 1.23. The van der Waals surface area contributed by atoms with Gasteiger partial charge in [0.25, 0.3) is 0 Å². The molecule has 0 saturated carbocycles. The summed E-state index contributed by atoms with van der Waals surface area (Å²) in [5.41, 5.74) is 8.50. The Kier molecular flexibility index (Phi) is 6.01. The minimum atomic E-state index is 0.208. The van der Waals surface area contributed by atoms with E-state index in [9.17, 15) is 0 Å². The van der Waals surface area contributed by atoms with Crippen LogP contribution in [0.15, 0.2) is 138 Å². The SMILES string of the molecule is N=C1C=Cc2ccc3cc(-c4nc(-c5cccc(-c6ccccc6)c5)nc(-c5ccc6c(c5)oc5ccccc56)n4)ccc3c2C1=N. The quantitative estimate of drug-likeness (QED) is 0.209. The molecule has 0 bridgehead atoms. The van der Waals surface area contributed by atoms with Crippen LogP contribution in [0.2, 0.25) is 0 Å². The molecule has 0 saturated heterocycles. The van der Waals surface area contributed by atoms with Crippen molar-refractivity contribution in [2.75, 3.05) is 0 Å². The second-order valence-corrected chi connectivity index (χ2v) is 11.6. The lowest BCUT2D eigenvalue weighted by Crippen LogP contribution is -2.16. The summed E-state index contributed by atoms with van der Waals surface area (Å²) in [6.07, 6.45) is 3.57. The van der Waals surface area contributed by atoms with E-state index in [-0.39, 0.29) is 11.4 Å². The first kappa shape index (κ1) is 26.8. The number of nitrogens with zero attached hydrogens (tertiary/aromatic N) is 3. The molecule has 0 unspecified atom stereocenters. The van der Waals surface area contributed by atoms with Crippen molar-refractivity contribution < 1.29 is 4.42 Å². The van der Waals surface area contributed by atoms with Gasteiger partial charge in [-0.3, -0.25) is 10.8 Å². The molecule has 0 amide bonds. The molecule has 0 atom stereocenters. The highest BCUT2D eigenvalue weighted by atomic mass is 16.3. The fraction of sp³-hybridized carbons (Fsp3) is 0. The molecule has 47 heavy (non-hydrogen) atoms. The minimum absolute atomic E-state index is 0.208. The second kappa shape index (κ2) is 10.5. The van der Waals surface area contributed by atoms with Crippen molar-refractivity contribution in [3.05, 3.63) is 145 Å². The van der Waals surface area contributed by atoms with Gasteiger partial charge in [-0.2, -0.15) is 0 Å². The maximum atomic E-state index is 8.58. The van der Waals surface area contributed by atoms with Crippen LogP contribution >= 0.6 is 0 Å². The van der Waals surface area contributed by atoms with Gasteiger partial charge in [-0.05, 0) is 63.9 Å². The summed E-state index contributed by atoms with van der Waals surface area (Å²) < 4.78 is 6.21. The van der Waals surface area contributed by atoms with Crippen LogP contribution in [0.1, 0.15) is 11.1 Å². The normalized spacial score (nSPS) is 12.7. The predicted molar refractivity (Wildman–Crippen MR) is 190 cm³/mol. The Hall–Kier alpha value is -6.53. The Morgan fingerprint density at radius 2 is 1.09 bits per heavy atom. The van der Waals surface area contributed by atoms with Crippen LogP contribution in [0, 0.1) is 10.8 Å². The first-order valence-corrected chi connectivity index (χ1v) is 15.4. The van der Waals surface area contributed by atoms with Crippen molar-refractivity contribution in [3.63, 3.8) is 0 Å². The maximum Gasteiger partial charge on any atom is 0.164 e. The first-order valence-electron chi connectivity index (χ1n) is 15.4. The molecule has 0 aliphatic heterocycles. The van der Waals surface area contributed by atoms with Crippen molar-refractivity contribution >= 4 is 50.2 Å². The van der Waals surface area contributed by atoms with Crippen LogP contribution in [0.5, 0.6) is 0 Å². The summed E-state index contributed by atoms with van der Waals surface area (Å²) in [5, 5.41) is 20.8. The zero-order chi connectivity index (χ0) is 31.5. The van der Waals surface area contributed by atoms with Crippen molar-refractivity contribution in [2.45, 2.75) is 0 Å². The predicted octanol–water partition coefficient (Wildman–Crippen LogP) is 10.0. The molecule has 8 aromatic rings. The maximum absolute atomic E-state index is 8.58. The molecule has 6 aromatic carbocycles. The smallest absolute Gasteiger partial charge is 0.164 e. The van der Waals surface area contributed by atoms with Crippen LogP contribution in [0.3, 0.4) is 0 Å². The van der Waals surface area contributed by atoms with Crippen LogP contribution in [0.25, 0.3) is 84.1 Å². The van der Waals surface area contributed by atoms with Gasteiger partial charge in [0.1, 0.15) is 11.2 Å². The third-order valence-electron chi connectivity index (χ3n) is 8.76. The molecule has 6 nitrogen and oxygen atoms in total. The van der Waals surface area contributed by atoms with E-state index in [2.05, 4.69) is 42.5 Å². The summed E-state index contributed by atoms with van der Waals surface area (Å²) in [5.74, 6) is 1.66. The fourth-order valence-electron chi connectivity index (χ4n) is 6.39. The number of furan rings is 1. The Morgan fingerprint density at radius 3 is 1.89 bits per heavy atom. The van der Waals surface area contributed by atoms with E-state index in [0.717, 1.165) is 71.7 Å². The Bertz CT molecular complexity index is 2620. The summed E-state index contributed by atoms with van der Waals surface area (Å²) in [6.45, 7) is 0. The Morgan fingerprint density at radius 1 is 0.447 bits per heavy atom. The van der Waals surface area contributed by atoms with E-state index >= 15 is 0 Å². The third-order valence-corrected chi connectivity index (χ3v) is 8.76. The number of fused-ring (bicyclic) bond motifs is 6. The number of para-hydroxylation sites is 1. The van der Waals surface area contributed by atoms with Crippen LogP contribution in [0.4, 0.5) is 0 Å². The number of hydrogen-bond donors (Lipinski definition) is 2. The molecule has 6 heteroatoms. The highest BCUT2D eigenvalue weighted by molar-refractivity contribution is 6.53. The molecule has 220 valence electrons. The lowest BCUT2D eigenvalue weighted by atomic mass is 9.89. The van der Waals surface area contributed by atoms with Crippen molar-refractivity contribution in [2.24, 2.45) is 0 Å². The highest BCUT2D eigenvalue weighted by Crippen LogP contribution is 2.34. The second-order valence-electron chi connectivity index (χ2n) is 11.6. The van der Waals surface area contributed by atoms with Gasteiger partial charge in [-0.1, -0.05) is 103 Å². The summed E-state index contributed by atoms with van der Waals surface area (Å²) in [6, 6.07) is 42.8. The van der Waals surface area contributed by atoms with Crippen molar-refractivity contribution in [1.29, 1.82) is 10.8 Å². The zero-order valence-corrected chi connectivity index (χ0v) is 25.0. The standard InChI is InChI=1S/C41H25N5O/c42-34-20-17-25-13-14-27-22-29(15-18-31(27)37(25)38(34)43)40-44-39(28-10-6-9-26(21-28)24-7-2-1-3-8-24)45-41(46-40)30-16-19-33-32-11-4-5-12-35(32)47-36(33)23-30/h1-23,42-43H. The summed E-state index contributed by atoms with van der Waals surface area (Å²) in [7, 11) is 0. The lowest BCUT2D eigenvalue weighted by Gasteiger charge is -2.16. The van der Waals surface area contributed by atoms with Gasteiger partial charge < -0.3 is 4.42 Å². The molecule has 9 rings (SSSR count). The number of allylic oxidation sites excluding steroid dienone is 1. The Labute approximate surface area is 269 Å². The highest BCUT2D eigenvalue weighted by Gasteiger charge is 2.19. The van der Waals surface area contributed by atoms with Gasteiger partial charge >= 0.3 is 0 Å². The van der Waals surface area contributed by atoms with Gasteiger partial charge in [0, 0.05) is 33.0 Å². The van der Waals surface area contributed by atoms with Gasteiger partial charge in [0.05, 0.1) is 11.4 Å². The average molecular weight is 604 g/mol. The number of nitrogens with one attached hydrogen (secondary N) is 2. The molecule has 0 spiro atoms. The van der Waals surface area contributed by atoms with E-state index in [1.165, 1.54) is 0 Å². The molecule has 0 radical (unpaired) electrons. The van der Waals surface area contributed by atoms with E-state index in [1.807, 2.05) is 91.0 Å². The molecule has 1 aliphatic carbocycles. The van der Waals surface area contributed by atoms with Crippen LogP contribution in [-0.2, 0) is 0 Å². The molecule has 2 heterocycles. The van der Waals surface area contributed by atoms with E-state index in [4.69, 9.17) is 30.2 Å². The van der Waals surface area contributed by atoms with E-state index < -0.39 is 0 Å². The molecule has 0 fully saturated rings. The molecule has 2 aromatic heterocycles. The molecular weight excluding hydrogens is 578 g/mol. The number of benzene rings is 6. The number of aromatic nitrogens is 3. The topological polar surface area (TPSA) is 99.5 Å². The van der Waals surface area contributed by atoms with Crippen molar-refractivity contribution in [1.82, 2.24) is 15.0 Å². The third kappa shape index (κ3) is 4.54. The minimum Gasteiger partial charge on any atom is -0.456 e. The molecule has 2 N–H and O–H groups in total. The van der Waals surface area contributed by atoms with Crippen molar-refractivity contribution in [3.8, 4) is 45.3 Å². The van der Waals surface area contributed by atoms with Gasteiger partial charge in [-0.25, -0.2) is 15.0 Å². The van der Waals surface area contributed by atoms with E-state index in [0.29, 0.717) is 17.5 Å². The number of rotatable bonds is 4. The largest absolute Gasteiger partial charge is 0.456 e. The summed E-state index contributed by atoms with van der Waals surface area (Å²) >= 11 is 0. The summed E-state index contributed by atoms with van der Waals surface area (Å²) in [4.78, 5) is 15.0. The van der Waals surface area contributed by atoms with Crippen LogP contribution in [-0.4, -0.2) is 26.4 Å². The van der Waals surface area contributed by atoms with Gasteiger partial charge in [0.2, 0.25) is 0 Å². The molecule has 1 aliphatic rings. The fourth-order valence-corrected chi connectivity index (χ4v) is 6.39. The average Bonchev–Trinajstić information content (AvgIpc) is 3.51. The van der Waals surface area contributed by atoms with Gasteiger partial charge in [0.15, 0.2) is 17.5 Å².